The fourth-order valence-corrected chi connectivity index (χ4v) is 3.03. The van der Waals surface area contributed by atoms with E-state index in [4.69, 9.17) is 23.2 Å². The number of benzene rings is 2. The van der Waals surface area contributed by atoms with Crippen LogP contribution in [0.5, 0.6) is 0 Å². The van der Waals surface area contributed by atoms with Gasteiger partial charge in [-0.1, -0.05) is 41.4 Å². The molecule has 1 atom stereocenters. The molecular weight excluding hydrogens is 308 g/mol. The van der Waals surface area contributed by atoms with Gasteiger partial charge in [-0.3, -0.25) is 0 Å². The predicted octanol–water partition coefficient (Wildman–Crippen LogP) is 4.75. The van der Waals surface area contributed by atoms with Crippen LogP contribution in [0, 0.1) is 11.7 Å². The van der Waals surface area contributed by atoms with Crippen molar-refractivity contribution < 1.29 is 4.39 Å². The number of hydrogen-bond acceptors (Lipinski definition) is 1. The van der Waals surface area contributed by atoms with Crippen LogP contribution in [-0.4, -0.2) is 13.6 Å². The van der Waals surface area contributed by atoms with E-state index in [1.54, 1.807) is 0 Å². The first-order valence-electron chi connectivity index (χ1n) is 6.92. The SMILES string of the molecule is CNCC(Cc1ccc(F)cc1)Cc1c(Cl)cccc1Cl. The van der Waals surface area contributed by atoms with Gasteiger partial charge in [-0.05, 0) is 67.7 Å². The molecule has 2 aromatic rings. The van der Waals surface area contributed by atoms with Crippen molar-refractivity contribution in [3.05, 3.63) is 69.5 Å². The van der Waals surface area contributed by atoms with E-state index in [0.29, 0.717) is 16.0 Å². The Morgan fingerprint density at radius 1 is 1.00 bits per heavy atom. The molecule has 1 nitrogen and oxygen atoms in total. The monoisotopic (exact) mass is 325 g/mol. The van der Waals surface area contributed by atoms with Crippen molar-refractivity contribution in [1.29, 1.82) is 0 Å². The third-order valence-corrected chi connectivity index (χ3v) is 4.19. The van der Waals surface area contributed by atoms with E-state index in [1.165, 1.54) is 12.1 Å². The van der Waals surface area contributed by atoms with Crippen LogP contribution >= 0.6 is 23.2 Å². The molecule has 0 heterocycles. The Labute approximate surface area is 135 Å². The highest BCUT2D eigenvalue weighted by molar-refractivity contribution is 6.35. The normalized spacial score (nSPS) is 12.4. The largest absolute Gasteiger partial charge is 0.319 e. The zero-order chi connectivity index (χ0) is 15.2. The zero-order valence-corrected chi connectivity index (χ0v) is 13.4. The molecular formula is C17H18Cl2FN. The van der Waals surface area contributed by atoms with E-state index in [0.717, 1.165) is 30.5 Å². The van der Waals surface area contributed by atoms with Crippen molar-refractivity contribution in [2.75, 3.05) is 13.6 Å². The smallest absolute Gasteiger partial charge is 0.123 e. The fourth-order valence-electron chi connectivity index (χ4n) is 2.48. The Hall–Kier alpha value is -1.09. The van der Waals surface area contributed by atoms with Crippen LogP contribution in [0.15, 0.2) is 42.5 Å². The maximum absolute atomic E-state index is 13.0. The standard InChI is InChI=1S/C17H18Cl2FN/c1-21-11-13(9-12-5-7-14(20)8-6-12)10-15-16(18)3-2-4-17(15)19/h2-8,13,21H,9-11H2,1H3. The summed E-state index contributed by atoms with van der Waals surface area (Å²) in [6.07, 6.45) is 1.64. The molecule has 2 aromatic carbocycles. The van der Waals surface area contributed by atoms with Gasteiger partial charge in [-0.2, -0.15) is 0 Å². The van der Waals surface area contributed by atoms with Crippen molar-refractivity contribution in [3.63, 3.8) is 0 Å². The van der Waals surface area contributed by atoms with Crippen molar-refractivity contribution in [1.82, 2.24) is 5.32 Å². The van der Waals surface area contributed by atoms with Crippen molar-refractivity contribution >= 4 is 23.2 Å². The van der Waals surface area contributed by atoms with Gasteiger partial charge < -0.3 is 5.32 Å². The molecule has 0 fully saturated rings. The van der Waals surface area contributed by atoms with Crippen LogP contribution in [-0.2, 0) is 12.8 Å². The van der Waals surface area contributed by atoms with Gasteiger partial charge in [-0.15, -0.1) is 0 Å². The topological polar surface area (TPSA) is 12.0 Å². The number of rotatable bonds is 6. The van der Waals surface area contributed by atoms with Crippen LogP contribution in [0.2, 0.25) is 10.0 Å². The average molecular weight is 326 g/mol. The Bertz CT molecular complexity index is 564. The maximum atomic E-state index is 13.0. The van der Waals surface area contributed by atoms with Crippen LogP contribution in [0.3, 0.4) is 0 Å². The summed E-state index contributed by atoms with van der Waals surface area (Å²) in [5.41, 5.74) is 2.09. The van der Waals surface area contributed by atoms with E-state index in [2.05, 4.69) is 5.32 Å². The fraction of sp³-hybridized carbons (Fsp3) is 0.294. The van der Waals surface area contributed by atoms with Gasteiger partial charge in [0.1, 0.15) is 5.82 Å². The second kappa shape index (κ2) is 7.79. The van der Waals surface area contributed by atoms with Gasteiger partial charge in [0.2, 0.25) is 0 Å². The number of halogens is 3. The first kappa shape index (κ1) is 16.3. The molecule has 21 heavy (non-hydrogen) atoms. The summed E-state index contributed by atoms with van der Waals surface area (Å²) in [4.78, 5) is 0. The predicted molar refractivity (Wildman–Crippen MR) is 87.7 cm³/mol. The molecule has 4 heteroatoms. The second-order valence-corrected chi connectivity index (χ2v) is 5.97. The van der Waals surface area contributed by atoms with Crippen LogP contribution in [0.25, 0.3) is 0 Å². The first-order chi connectivity index (χ1) is 10.1. The molecule has 0 radical (unpaired) electrons. The lowest BCUT2D eigenvalue weighted by Crippen LogP contribution is -2.23. The summed E-state index contributed by atoms with van der Waals surface area (Å²) < 4.78 is 13.0. The summed E-state index contributed by atoms with van der Waals surface area (Å²) in [7, 11) is 1.92. The minimum absolute atomic E-state index is 0.210. The molecule has 1 unspecified atom stereocenters. The van der Waals surface area contributed by atoms with Gasteiger partial charge in [0.25, 0.3) is 0 Å². The van der Waals surface area contributed by atoms with Crippen LogP contribution < -0.4 is 5.32 Å². The average Bonchev–Trinajstić information content (AvgIpc) is 2.45. The summed E-state index contributed by atoms with van der Waals surface area (Å²) in [6, 6.07) is 12.2. The van der Waals surface area contributed by atoms with E-state index in [1.807, 2.05) is 37.4 Å². The highest BCUT2D eigenvalue weighted by atomic mass is 35.5. The zero-order valence-electron chi connectivity index (χ0n) is 11.9. The van der Waals surface area contributed by atoms with Crippen molar-refractivity contribution in [2.45, 2.75) is 12.8 Å². The molecule has 0 aliphatic carbocycles. The van der Waals surface area contributed by atoms with Gasteiger partial charge in [0.05, 0.1) is 0 Å². The Kier molecular flexibility index (Phi) is 6.04. The minimum Gasteiger partial charge on any atom is -0.319 e. The lowest BCUT2D eigenvalue weighted by molar-refractivity contribution is 0.493. The summed E-state index contributed by atoms with van der Waals surface area (Å²) in [5.74, 6) is 0.135. The Balaban J connectivity index is 2.13. The molecule has 0 saturated carbocycles. The quantitative estimate of drug-likeness (QED) is 0.807. The Morgan fingerprint density at radius 3 is 2.19 bits per heavy atom. The van der Waals surface area contributed by atoms with Crippen molar-refractivity contribution in [2.24, 2.45) is 5.92 Å². The number of nitrogens with one attached hydrogen (secondary N) is 1. The van der Waals surface area contributed by atoms with Gasteiger partial charge in [-0.25, -0.2) is 4.39 Å². The maximum Gasteiger partial charge on any atom is 0.123 e. The van der Waals surface area contributed by atoms with E-state index in [-0.39, 0.29) is 5.82 Å². The van der Waals surface area contributed by atoms with Gasteiger partial charge >= 0.3 is 0 Å². The van der Waals surface area contributed by atoms with Crippen LogP contribution in [0.1, 0.15) is 11.1 Å². The third-order valence-electron chi connectivity index (χ3n) is 3.48. The van der Waals surface area contributed by atoms with E-state index in [9.17, 15) is 4.39 Å². The molecule has 0 aromatic heterocycles. The molecule has 0 spiro atoms. The molecule has 2 rings (SSSR count). The molecule has 0 saturated heterocycles. The summed E-state index contributed by atoms with van der Waals surface area (Å²) >= 11 is 12.5. The second-order valence-electron chi connectivity index (χ2n) is 5.16. The van der Waals surface area contributed by atoms with Crippen molar-refractivity contribution in [3.8, 4) is 0 Å². The van der Waals surface area contributed by atoms with E-state index >= 15 is 0 Å². The lowest BCUT2D eigenvalue weighted by atomic mass is 9.92. The molecule has 0 amide bonds. The molecule has 0 bridgehead atoms. The molecule has 1 N–H and O–H groups in total. The minimum atomic E-state index is -0.210. The van der Waals surface area contributed by atoms with E-state index < -0.39 is 0 Å². The molecule has 0 aliphatic heterocycles. The first-order valence-corrected chi connectivity index (χ1v) is 7.67. The Morgan fingerprint density at radius 2 is 1.62 bits per heavy atom. The van der Waals surface area contributed by atoms with Gasteiger partial charge in [0.15, 0.2) is 0 Å². The van der Waals surface area contributed by atoms with Crippen LogP contribution in [0.4, 0.5) is 4.39 Å². The summed E-state index contributed by atoms with van der Waals surface area (Å²) in [6.45, 7) is 0.846. The summed E-state index contributed by atoms with van der Waals surface area (Å²) in [5, 5.41) is 4.59. The highest BCUT2D eigenvalue weighted by Gasteiger charge is 2.14. The third kappa shape index (κ3) is 4.70. The lowest BCUT2D eigenvalue weighted by Gasteiger charge is -2.18. The molecule has 112 valence electrons. The number of hydrogen-bond donors (Lipinski definition) is 1. The van der Waals surface area contributed by atoms with Gasteiger partial charge in [0, 0.05) is 10.0 Å². The highest BCUT2D eigenvalue weighted by Crippen LogP contribution is 2.27. The molecule has 0 aliphatic rings.